The van der Waals surface area contributed by atoms with Gasteiger partial charge in [0.25, 0.3) is 0 Å². The molecule has 2 saturated heterocycles. The third kappa shape index (κ3) is 0.909. The average Bonchev–Trinajstić information content (AvgIpc) is 1.95. The number of hydrogen-bond donors (Lipinski definition) is 0. The van der Waals surface area contributed by atoms with Gasteiger partial charge in [-0.1, -0.05) is 50.2 Å². The molecule has 2 bridgehead atoms. The summed E-state index contributed by atoms with van der Waals surface area (Å²) in [6.45, 7) is 2.41. The zero-order valence-corrected chi connectivity index (χ0v) is 6.19. The van der Waals surface area contributed by atoms with Crippen LogP contribution in [0.1, 0.15) is 39.0 Å². The van der Waals surface area contributed by atoms with Crippen molar-refractivity contribution in [1.29, 1.82) is 0 Å². The monoisotopic (exact) mass is 121 g/mol. The number of rotatable bonds is 0. The Morgan fingerprint density at radius 3 is 3.00 bits per heavy atom. The van der Waals surface area contributed by atoms with Gasteiger partial charge in [0, 0.05) is 0 Å². The van der Waals surface area contributed by atoms with E-state index >= 15 is 0 Å². The normalized spacial score (nSPS) is 48.8. The number of hydrogen-bond acceptors (Lipinski definition) is 0. The molecule has 0 nitrogen and oxygen atoms in total. The summed E-state index contributed by atoms with van der Waals surface area (Å²) in [7, 11) is 2.58. The van der Waals surface area contributed by atoms with Gasteiger partial charge >= 0.3 is 0 Å². The standard InChI is InChI=1S/C8H14B/c1-8-5-3-2-4-7(6-8)9-8/h7H,2-6H2,1H3. The van der Waals surface area contributed by atoms with Gasteiger partial charge in [-0.25, -0.2) is 0 Å². The van der Waals surface area contributed by atoms with Crippen LogP contribution in [0.3, 0.4) is 0 Å². The minimum absolute atomic E-state index is 0.682. The van der Waals surface area contributed by atoms with E-state index < -0.39 is 0 Å². The Kier molecular flexibility index (Phi) is 1.15. The molecule has 0 spiro atoms. The maximum absolute atomic E-state index is 2.58. The average molecular weight is 121 g/mol. The van der Waals surface area contributed by atoms with Crippen LogP contribution in [0.5, 0.6) is 0 Å². The molecular weight excluding hydrogens is 107 g/mol. The third-order valence-electron chi connectivity index (χ3n) is 2.94. The summed E-state index contributed by atoms with van der Waals surface area (Å²) >= 11 is 0. The molecule has 0 aromatic heterocycles. The van der Waals surface area contributed by atoms with Crippen LogP contribution in [-0.2, 0) is 0 Å². The lowest BCUT2D eigenvalue weighted by atomic mass is 9.32. The fourth-order valence-corrected chi connectivity index (χ4v) is 2.44. The summed E-state index contributed by atoms with van der Waals surface area (Å²) in [6, 6.07) is 0. The number of fused-ring (bicyclic) bond motifs is 3. The van der Waals surface area contributed by atoms with Gasteiger partial charge in [0.05, 0.1) is 0 Å². The summed E-state index contributed by atoms with van der Waals surface area (Å²) in [5, 5.41) is 0.682. The summed E-state index contributed by atoms with van der Waals surface area (Å²) in [5.74, 6) is 1.01. The van der Waals surface area contributed by atoms with E-state index in [0.717, 1.165) is 5.82 Å². The Balaban J connectivity index is 2.03. The lowest BCUT2D eigenvalue weighted by molar-refractivity contribution is 0.458. The van der Waals surface area contributed by atoms with Crippen molar-refractivity contribution in [3.63, 3.8) is 0 Å². The molecule has 3 fully saturated rings. The van der Waals surface area contributed by atoms with E-state index in [1.54, 1.807) is 0 Å². The third-order valence-corrected chi connectivity index (χ3v) is 2.94. The molecule has 2 atom stereocenters. The van der Waals surface area contributed by atoms with Gasteiger partial charge in [0.15, 0.2) is 0 Å². The summed E-state index contributed by atoms with van der Waals surface area (Å²) in [4.78, 5) is 0. The van der Waals surface area contributed by atoms with Crippen LogP contribution in [0.25, 0.3) is 0 Å². The molecule has 0 amide bonds. The Morgan fingerprint density at radius 2 is 2.22 bits per heavy atom. The van der Waals surface area contributed by atoms with Crippen molar-refractivity contribution in [3.8, 4) is 0 Å². The molecule has 0 N–H and O–H groups in total. The zero-order chi connectivity index (χ0) is 6.32. The summed E-state index contributed by atoms with van der Waals surface area (Å²) in [6.07, 6.45) is 7.40. The van der Waals surface area contributed by atoms with Gasteiger partial charge in [0.2, 0.25) is 0 Å². The molecule has 1 saturated carbocycles. The molecule has 2 aliphatic heterocycles. The maximum Gasteiger partial charge on any atom is 0.121 e. The first-order valence-electron chi connectivity index (χ1n) is 4.15. The first-order chi connectivity index (χ1) is 4.29. The van der Waals surface area contributed by atoms with Crippen molar-refractivity contribution in [1.82, 2.24) is 0 Å². The van der Waals surface area contributed by atoms with E-state index in [0.29, 0.717) is 5.31 Å². The zero-order valence-electron chi connectivity index (χ0n) is 6.19. The first-order valence-corrected chi connectivity index (χ1v) is 4.15. The minimum atomic E-state index is 0.682. The van der Waals surface area contributed by atoms with Crippen molar-refractivity contribution < 1.29 is 0 Å². The molecule has 0 aromatic carbocycles. The van der Waals surface area contributed by atoms with E-state index in [1.807, 2.05) is 0 Å². The predicted octanol–water partition coefficient (Wildman–Crippen LogP) is 2.64. The molecule has 2 heterocycles. The van der Waals surface area contributed by atoms with Crippen molar-refractivity contribution >= 4 is 7.28 Å². The highest BCUT2D eigenvalue weighted by atomic mass is 14.3. The largest absolute Gasteiger partial charge is 0.121 e. The smallest absolute Gasteiger partial charge is 0.0684 e. The van der Waals surface area contributed by atoms with E-state index in [9.17, 15) is 0 Å². The fraction of sp³-hybridized carbons (Fsp3) is 1.00. The molecule has 3 aliphatic rings. The molecule has 1 aliphatic carbocycles. The van der Waals surface area contributed by atoms with E-state index in [4.69, 9.17) is 0 Å². The lowest BCUT2D eigenvalue weighted by Crippen LogP contribution is -2.32. The molecule has 3 rings (SSSR count). The summed E-state index contributed by atoms with van der Waals surface area (Å²) < 4.78 is 0. The Hall–Kier alpha value is 0.0649. The van der Waals surface area contributed by atoms with Gasteiger partial charge in [-0.15, -0.1) is 0 Å². The fourth-order valence-electron chi connectivity index (χ4n) is 2.44. The summed E-state index contributed by atoms with van der Waals surface area (Å²) in [5.41, 5.74) is 0. The van der Waals surface area contributed by atoms with Crippen molar-refractivity contribution in [2.75, 3.05) is 0 Å². The second kappa shape index (κ2) is 1.77. The van der Waals surface area contributed by atoms with Crippen LogP contribution in [0.2, 0.25) is 11.1 Å². The Bertz CT molecular complexity index is 108. The molecule has 1 radical (unpaired) electrons. The lowest BCUT2D eigenvalue weighted by Gasteiger charge is -2.42. The highest BCUT2D eigenvalue weighted by molar-refractivity contribution is 6.46. The second-order valence-corrected chi connectivity index (χ2v) is 4.03. The van der Waals surface area contributed by atoms with Gasteiger partial charge in [-0.3, -0.25) is 0 Å². The van der Waals surface area contributed by atoms with Crippen molar-refractivity contribution in [2.24, 2.45) is 0 Å². The van der Waals surface area contributed by atoms with Crippen LogP contribution in [0.15, 0.2) is 0 Å². The molecule has 9 heavy (non-hydrogen) atoms. The van der Waals surface area contributed by atoms with Crippen LogP contribution in [0, 0.1) is 0 Å². The maximum atomic E-state index is 2.58. The SMILES string of the molecule is CC12[B]C(CCCC1)C2. The Morgan fingerprint density at radius 1 is 1.44 bits per heavy atom. The molecule has 0 aromatic rings. The van der Waals surface area contributed by atoms with Crippen LogP contribution in [-0.4, -0.2) is 7.28 Å². The van der Waals surface area contributed by atoms with E-state index in [1.165, 1.54) is 32.1 Å². The molecule has 49 valence electrons. The van der Waals surface area contributed by atoms with Gasteiger partial charge in [-0.2, -0.15) is 0 Å². The quantitative estimate of drug-likeness (QED) is 0.432. The molecule has 2 unspecified atom stereocenters. The van der Waals surface area contributed by atoms with Crippen LogP contribution >= 0.6 is 0 Å². The van der Waals surface area contributed by atoms with Crippen LogP contribution in [0.4, 0.5) is 0 Å². The second-order valence-electron chi connectivity index (χ2n) is 4.03. The van der Waals surface area contributed by atoms with Crippen molar-refractivity contribution in [3.05, 3.63) is 0 Å². The van der Waals surface area contributed by atoms with Crippen molar-refractivity contribution in [2.45, 2.75) is 50.2 Å². The Labute approximate surface area is 58.3 Å². The van der Waals surface area contributed by atoms with Gasteiger partial charge < -0.3 is 0 Å². The van der Waals surface area contributed by atoms with E-state index in [-0.39, 0.29) is 0 Å². The van der Waals surface area contributed by atoms with E-state index in [2.05, 4.69) is 14.2 Å². The van der Waals surface area contributed by atoms with Crippen LogP contribution < -0.4 is 0 Å². The first kappa shape index (κ1) is 5.82. The highest BCUT2D eigenvalue weighted by Gasteiger charge is 2.41. The molecular formula is C8H14B. The van der Waals surface area contributed by atoms with Gasteiger partial charge in [-0.05, 0) is 0 Å². The topological polar surface area (TPSA) is 0 Å². The molecule has 1 heteroatoms. The van der Waals surface area contributed by atoms with Gasteiger partial charge in [0.1, 0.15) is 7.28 Å². The predicted molar refractivity (Wildman–Crippen MR) is 41.0 cm³/mol. The minimum Gasteiger partial charge on any atom is -0.0684 e. The highest BCUT2D eigenvalue weighted by Crippen LogP contribution is 2.56.